The van der Waals surface area contributed by atoms with E-state index in [1.807, 2.05) is 0 Å². The average molecular weight is 171 g/mol. The van der Waals surface area contributed by atoms with Gasteiger partial charge in [0.25, 0.3) is 0 Å². The Morgan fingerprint density at radius 2 is 1.18 bits per heavy atom. The lowest BCUT2D eigenvalue weighted by Crippen LogP contribution is -2.27. The molecule has 0 spiro atoms. The monoisotopic (exact) mass is 171 g/mol. The average Bonchev–Trinajstić information content (AvgIpc) is 1.54. The zero-order valence-electron chi connectivity index (χ0n) is 8.94. The molecule has 67 valence electrons. The van der Waals surface area contributed by atoms with Crippen LogP contribution in [0.1, 0.15) is 41.5 Å². The van der Waals surface area contributed by atoms with Gasteiger partial charge in [-0.3, -0.25) is 0 Å². The van der Waals surface area contributed by atoms with Crippen LogP contribution in [0.3, 0.4) is 0 Å². The van der Waals surface area contributed by atoms with Gasteiger partial charge in [-0.05, 0) is 22.8 Å². The van der Waals surface area contributed by atoms with Crippen molar-refractivity contribution in [2.24, 2.45) is 17.8 Å². The summed E-state index contributed by atoms with van der Waals surface area (Å²) in [6, 6.07) is 0. The fourth-order valence-corrected chi connectivity index (χ4v) is 3.52. The van der Waals surface area contributed by atoms with Crippen molar-refractivity contribution in [2.45, 2.75) is 46.6 Å². The topological polar surface area (TPSA) is 0 Å². The largest absolute Gasteiger partial charge is 0.0629 e. The van der Waals surface area contributed by atoms with Gasteiger partial charge in [0, 0.05) is 10.2 Å². The Hall–Kier alpha value is 0.217. The minimum Gasteiger partial charge on any atom is -0.0629 e. The molecule has 0 aromatic rings. The predicted molar refractivity (Wildman–Crippen MR) is 55.8 cm³/mol. The maximum absolute atomic E-state index is 2.36. The minimum atomic E-state index is 0.488. The molecule has 0 aromatic heterocycles. The lowest BCUT2D eigenvalue weighted by molar-refractivity contribution is 0.225. The molecule has 0 fully saturated rings. The van der Waals surface area contributed by atoms with Gasteiger partial charge in [-0.1, -0.05) is 41.5 Å². The molecule has 0 bridgehead atoms. The summed E-state index contributed by atoms with van der Waals surface area (Å²) in [4.78, 5) is 0. The third-order valence-corrected chi connectivity index (χ3v) is 2.81. The van der Waals surface area contributed by atoms with E-state index in [4.69, 9.17) is 0 Å². The van der Waals surface area contributed by atoms with E-state index in [0.29, 0.717) is 5.04 Å². The molecule has 0 N–H and O–H groups in total. The van der Waals surface area contributed by atoms with Gasteiger partial charge in [0.15, 0.2) is 0 Å². The van der Waals surface area contributed by atoms with Crippen molar-refractivity contribution >= 4 is 10.2 Å². The summed E-state index contributed by atoms with van der Waals surface area (Å²) < 4.78 is 0. The minimum absolute atomic E-state index is 0.488. The molecule has 0 aliphatic rings. The Balaban J connectivity index is 4.35. The van der Waals surface area contributed by atoms with Gasteiger partial charge in [0.2, 0.25) is 0 Å². The zero-order chi connectivity index (χ0) is 9.23. The van der Waals surface area contributed by atoms with Crippen LogP contribution in [-0.2, 0) is 0 Å². The number of hydrogen-bond donors (Lipinski definition) is 0. The van der Waals surface area contributed by atoms with E-state index in [1.54, 1.807) is 0 Å². The molecule has 0 saturated carbocycles. The molecular weight excluding hydrogens is 148 g/mol. The maximum Gasteiger partial charge on any atom is 0.0160 e. The molecule has 0 amide bonds. The summed E-state index contributed by atoms with van der Waals surface area (Å²) >= 11 is 0. The molecule has 0 heterocycles. The summed E-state index contributed by atoms with van der Waals surface area (Å²) in [7, 11) is 2.14. The first-order chi connectivity index (χ1) is 4.76. The third-order valence-electron chi connectivity index (χ3n) is 2.34. The van der Waals surface area contributed by atoms with Crippen molar-refractivity contribution in [1.29, 1.82) is 0 Å². The maximum atomic E-state index is 2.36. The van der Waals surface area contributed by atoms with Crippen LogP contribution in [0.5, 0.6) is 0 Å². The van der Waals surface area contributed by atoms with E-state index in [2.05, 4.69) is 51.8 Å². The summed E-state index contributed by atoms with van der Waals surface area (Å²) in [6.07, 6.45) is 0. The first kappa shape index (κ1) is 11.2. The molecule has 0 atom stereocenters. The smallest absolute Gasteiger partial charge is 0.0160 e. The second-order valence-electron chi connectivity index (χ2n) is 5.00. The number of rotatable bonds is 3. The first-order valence-electron chi connectivity index (χ1n) is 4.62. The Labute approximate surface area is 75.2 Å². The Bertz CT molecular complexity index is 101. The van der Waals surface area contributed by atoms with Crippen LogP contribution in [0.2, 0.25) is 5.04 Å². The molecule has 0 aliphatic heterocycles. The highest BCUT2D eigenvalue weighted by Gasteiger charge is 2.29. The van der Waals surface area contributed by atoms with Crippen molar-refractivity contribution in [2.75, 3.05) is 0 Å². The van der Waals surface area contributed by atoms with Crippen LogP contribution in [0.15, 0.2) is 0 Å². The lowest BCUT2D eigenvalue weighted by Gasteiger charge is -2.37. The van der Waals surface area contributed by atoms with Gasteiger partial charge < -0.3 is 0 Å². The second-order valence-corrected chi connectivity index (χ2v) is 6.82. The van der Waals surface area contributed by atoms with Crippen molar-refractivity contribution in [3.63, 3.8) is 0 Å². The van der Waals surface area contributed by atoms with E-state index in [1.165, 1.54) is 0 Å². The van der Waals surface area contributed by atoms with E-state index in [0.717, 1.165) is 17.8 Å². The van der Waals surface area contributed by atoms with Crippen LogP contribution in [0, 0.1) is 17.8 Å². The van der Waals surface area contributed by atoms with E-state index < -0.39 is 0 Å². The highest BCUT2D eigenvalue weighted by molar-refractivity contribution is 6.14. The summed E-state index contributed by atoms with van der Waals surface area (Å²) in [5.74, 6) is 2.46. The first-order valence-corrected chi connectivity index (χ1v) is 5.33. The molecule has 0 aliphatic carbocycles. The lowest BCUT2D eigenvalue weighted by atomic mass is 9.77. The fourth-order valence-electron chi connectivity index (χ4n) is 2.57. The van der Waals surface area contributed by atoms with Gasteiger partial charge in [0.05, 0.1) is 0 Å². The second kappa shape index (κ2) is 3.75. The van der Waals surface area contributed by atoms with Crippen molar-refractivity contribution in [3.8, 4) is 0 Å². The summed E-state index contributed by atoms with van der Waals surface area (Å²) in [5, 5.41) is 0.488. The predicted octanol–water partition coefficient (Wildman–Crippen LogP) is 2.75. The fraction of sp³-hybridized carbons (Fsp3) is 1.00. The normalized spacial score (nSPS) is 13.6. The Morgan fingerprint density at radius 1 is 0.909 bits per heavy atom. The zero-order valence-corrected chi connectivity index (χ0v) is 10.4. The van der Waals surface area contributed by atoms with Crippen LogP contribution in [0.25, 0.3) is 0 Å². The van der Waals surface area contributed by atoms with Crippen LogP contribution >= 0.6 is 0 Å². The summed E-state index contributed by atoms with van der Waals surface area (Å²) in [6.45, 7) is 14.0. The van der Waals surface area contributed by atoms with Gasteiger partial charge in [-0.25, -0.2) is 0 Å². The SMILES string of the molecule is CC(C)C(C(C)C)C(C)(C)[SiH2]. The molecule has 0 unspecified atom stereocenters. The Morgan fingerprint density at radius 3 is 1.18 bits per heavy atom. The standard InChI is InChI=1S/C10H23Si/c1-7(2)9(8(3)4)10(5,6)11/h7-9H,11H2,1-6H3. The molecule has 0 saturated heterocycles. The van der Waals surface area contributed by atoms with Gasteiger partial charge in [-0.2, -0.15) is 0 Å². The highest BCUT2D eigenvalue weighted by Crippen LogP contribution is 2.40. The number of hydrogen-bond acceptors (Lipinski definition) is 0. The van der Waals surface area contributed by atoms with Crippen LogP contribution in [-0.4, -0.2) is 10.2 Å². The molecular formula is C10H23Si. The van der Waals surface area contributed by atoms with E-state index in [9.17, 15) is 0 Å². The Kier molecular flexibility index (Phi) is 3.82. The molecule has 0 nitrogen and oxygen atoms in total. The summed E-state index contributed by atoms with van der Waals surface area (Å²) in [5.41, 5.74) is 0. The van der Waals surface area contributed by atoms with Gasteiger partial charge in [0.1, 0.15) is 0 Å². The van der Waals surface area contributed by atoms with Crippen LogP contribution < -0.4 is 0 Å². The molecule has 0 aromatic carbocycles. The van der Waals surface area contributed by atoms with Crippen molar-refractivity contribution < 1.29 is 0 Å². The van der Waals surface area contributed by atoms with E-state index in [-0.39, 0.29) is 0 Å². The quantitative estimate of drug-likeness (QED) is 0.573. The van der Waals surface area contributed by atoms with Crippen LogP contribution in [0.4, 0.5) is 0 Å². The highest BCUT2D eigenvalue weighted by atomic mass is 28.1. The van der Waals surface area contributed by atoms with Gasteiger partial charge in [-0.15, -0.1) is 0 Å². The molecule has 0 rings (SSSR count). The third kappa shape index (κ3) is 3.41. The molecule has 1 heteroatoms. The van der Waals surface area contributed by atoms with Crippen molar-refractivity contribution in [3.05, 3.63) is 0 Å². The van der Waals surface area contributed by atoms with E-state index >= 15 is 0 Å². The molecule has 1 radical (unpaired) electrons. The van der Waals surface area contributed by atoms with Crippen molar-refractivity contribution in [1.82, 2.24) is 0 Å². The molecule has 11 heavy (non-hydrogen) atoms. The van der Waals surface area contributed by atoms with Gasteiger partial charge >= 0.3 is 0 Å².